The van der Waals surface area contributed by atoms with E-state index >= 15 is 0 Å². The fourth-order valence-electron chi connectivity index (χ4n) is 3.17. The topological polar surface area (TPSA) is 59.2 Å². The first-order valence-electron chi connectivity index (χ1n) is 7.88. The smallest absolute Gasteiger partial charge is 0.259 e. The van der Waals surface area contributed by atoms with E-state index in [2.05, 4.69) is 10.1 Å². The molecule has 0 N–H and O–H groups in total. The van der Waals surface area contributed by atoms with Gasteiger partial charge in [0.2, 0.25) is 0 Å². The Morgan fingerprint density at radius 2 is 2.32 bits per heavy atom. The molecule has 5 heteroatoms. The van der Waals surface area contributed by atoms with Crippen LogP contribution in [-0.4, -0.2) is 27.5 Å². The molecule has 5 nitrogen and oxygen atoms in total. The van der Waals surface area contributed by atoms with Crippen LogP contribution in [0.4, 0.5) is 0 Å². The van der Waals surface area contributed by atoms with Crippen LogP contribution in [-0.2, 0) is 6.42 Å². The molecule has 3 heterocycles. The van der Waals surface area contributed by atoms with Crippen LogP contribution in [0.3, 0.4) is 0 Å². The Kier molecular flexibility index (Phi) is 4.22. The van der Waals surface area contributed by atoms with E-state index in [4.69, 9.17) is 4.52 Å². The summed E-state index contributed by atoms with van der Waals surface area (Å²) in [4.78, 5) is 19.2. The lowest BCUT2D eigenvalue weighted by Crippen LogP contribution is -2.39. The van der Waals surface area contributed by atoms with Crippen molar-refractivity contribution in [1.29, 1.82) is 0 Å². The monoisotopic (exact) mass is 299 g/mol. The summed E-state index contributed by atoms with van der Waals surface area (Å²) in [5, 5.41) is 4.01. The summed E-state index contributed by atoms with van der Waals surface area (Å²) >= 11 is 0. The highest BCUT2D eigenvalue weighted by Crippen LogP contribution is 2.32. The third-order valence-corrected chi connectivity index (χ3v) is 4.32. The van der Waals surface area contributed by atoms with Gasteiger partial charge in [0.15, 0.2) is 0 Å². The third kappa shape index (κ3) is 2.63. The van der Waals surface area contributed by atoms with Gasteiger partial charge in [0.25, 0.3) is 5.91 Å². The average molecular weight is 299 g/mol. The first kappa shape index (κ1) is 14.8. The van der Waals surface area contributed by atoms with Gasteiger partial charge >= 0.3 is 0 Å². The van der Waals surface area contributed by atoms with E-state index in [1.807, 2.05) is 37.1 Å². The summed E-state index contributed by atoms with van der Waals surface area (Å²) in [6.45, 7) is 4.57. The standard InChI is InChI=1S/C17H21N3O2/c1-3-14-16(12(2)22-19-14)17(21)20-10-5-4-8-15(20)13-7-6-9-18-11-13/h6-7,9,11,15H,3-5,8,10H2,1-2H3/t15-/m1/s1. The number of carbonyl (C=O) groups excluding carboxylic acids is 1. The minimum Gasteiger partial charge on any atom is -0.361 e. The van der Waals surface area contributed by atoms with Crippen molar-refractivity contribution in [3.63, 3.8) is 0 Å². The molecule has 3 rings (SSSR count). The largest absolute Gasteiger partial charge is 0.361 e. The number of hydrogen-bond donors (Lipinski definition) is 0. The van der Waals surface area contributed by atoms with Crippen LogP contribution < -0.4 is 0 Å². The van der Waals surface area contributed by atoms with Gasteiger partial charge < -0.3 is 9.42 Å². The number of carbonyl (C=O) groups is 1. The normalized spacial score (nSPS) is 18.5. The highest BCUT2D eigenvalue weighted by Gasteiger charge is 2.32. The maximum Gasteiger partial charge on any atom is 0.259 e. The molecule has 0 radical (unpaired) electrons. The molecule has 2 aromatic heterocycles. The van der Waals surface area contributed by atoms with Crippen LogP contribution in [0.1, 0.15) is 59.6 Å². The molecule has 1 atom stereocenters. The van der Waals surface area contributed by atoms with Crippen molar-refractivity contribution in [2.45, 2.75) is 45.6 Å². The first-order valence-corrected chi connectivity index (χ1v) is 7.88. The third-order valence-electron chi connectivity index (χ3n) is 4.32. The van der Waals surface area contributed by atoms with Crippen molar-refractivity contribution in [3.05, 3.63) is 47.1 Å². The molecule has 1 aliphatic heterocycles. The Balaban J connectivity index is 1.94. The first-order chi connectivity index (χ1) is 10.7. The van der Waals surface area contributed by atoms with E-state index < -0.39 is 0 Å². The molecular formula is C17H21N3O2. The summed E-state index contributed by atoms with van der Waals surface area (Å²) in [7, 11) is 0. The Labute approximate surface area is 130 Å². The second-order valence-corrected chi connectivity index (χ2v) is 5.71. The molecule has 0 bridgehead atoms. The number of piperidine rings is 1. The molecule has 0 spiro atoms. The minimum atomic E-state index is 0.0316. The minimum absolute atomic E-state index is 0.0316. The molecule has 2 aromatic rings. The Morgan fingerprint density at radius 1 is 1.45 bits per heavy atom. The number of likely N-dealkylation sites (tertiary alicyclic amines) is 1. The fraction of sp³-hybridized carbons (Fsp3) is 0.471. The molecular weight excluding hydrogens is 278 g/mol. The second kappa shape index (κ2) is 6.30. The van der Waals surface area contributed by atoms with E-state index in [-0.39, 0.29) is 11.9 Å². The Morgan fingerprint density at radius 3 is 3.05 bits per heavy atom. The van der Waals surface area contributed by atoms with Gasteiger partial charge in [-0.25, -0.2) is 0 Å². The lowest BCUT2D eigenvalue weighted by Gasteiger charge is -2.36. The number of hydrogen-bond acceptors (Lipinski definition) is 4. The highest BCUT2D eigenvalue weighted by molar-refractivity contribution is 5.96. The van der Waals surface area contributed by atoms with E-state index in [0.717, 1.165) is 37.1 Å². The average Bonchev–Trinajstić information content (AvgIpc) is 2.96. The van der Waals surface area contributed by atoms with Crippen LogP contribution in [0.15, 0.2) is 29.0 Å². The highest BCUT2D eigenvalue weighted by atomic mass is 16.5. The fourth-order valence-corrected chi connectivity index (χ4v) is 3.17. The van der Waals surface area contributed by atoms with Crippen molar-refractivity contribution < 1.29 is 9.32 Å². The lowest BCUT2D eigenvalue weighted by atomic mass is 9.95. The van der Waals surface area contributed by atoms with Crippen molar-refractivity contribution in [2.24, 2.45) is 0 Å². The molecule has 0 aliphatic carbocycles. The van der Waals surface area contributed by atoms with Gasteiger partial charge in [-0.3, -0.25) is 9.78 Å². The number of rotatable bonds is 3. The molecule has 1 saturated heterocycles. The molecule has 0 saturated carbocycles. The summed E-state index contributed by atoms with van der Waals surface area (Å²) in [6, 6.07) is 4.06. The Bertz CT molecular complexity index is 651. The van der Waals surface area contributed by atoms with Crippen molar-refractivity contribution in [3.8, 4) is 0 Å². The number of pyridine rings is 1. The lowest BCUT2D eigenvalue weighted by molar-refractivity contribution is 0.0608. The Hall–Kier alpha value is -2.17. The molecule has 22 heavy (non-hydrogen) atoms. The van der Waals surface area contributed by atoms with Crippen LogP contribution in [0.25, 0.3) is 0 Å². The van der Waals surface area contributed by atoms with Crippen LogP contribution in [0.5, 0.6) is 0 Å². The van der Waals surface area contributed by atoms with Crippen molar-refractivity contribution in [2.75, 3.05) is 6.54 Å². The van der Waals surface area contributed by atoms with E-state index in [0.29, 0.717) is 17.7 Å². The van der Waals surface area contributed by atoms with Gasteiger partial charge in [-0.15, -0.1) is 0 Å². The molecule has 0 unspecified atom stereocenters. The maximum atomic E-state index is 13.1. The second-order valence-electron chi connectivity index (χ2n) is 5.71. The SMILES string of the molecule is CCc1noc(C)c1C(=O)N1CCCC[C@@H]1c1cccnc1. The summed E-state index contributed by atoms with van der Waals surface area (Å²) in [6.07, 6.45) is 7.46. The zero-order chi connectivity index (χ0) is 15.5. The summed E-state index contributed by atoms with van der Waals surface area (Å²) < 4.78 is 5.23. The number of aryl methyl sites for hydroxylation is 2. The van der Waals surface area contributed by atoms with Crippen LogP contribution in [0.2, 0.25) is 0 Å². The number of aromatic nitrogens is 2. The number of nitrogens with zero attached hydrogens (tertiary/aromatic N) is 3. The van der Waals surface area contributed by atoms with Gasteiger partial charge in [-0.05, 0) is 44.2 Å². The number of amides is 1. The molecule has 1 aliphatic rings. The predicted molar refractivity (Wildman–Crippen MR) is 82.5 cm³/mol. The molecule has 1 fully saturated rings. The van der Waals surface area contributed by atoms with E-state index in [1.54, 1.807) is 6.20 Å². The maximum absolute atomic E-state index is 13.1. The van der Waals surface area contributed by atoms with Crippen molar-refractivity contribution in [1.82, 2.24) is 15.0 Å². The zero-order valence-electron chi connectivity index (χ0n) is 13.1. The summed E-state index contributed by atoms with van der Waals surface area (Å²) in [5.74, 6) is 0.640. The van der Waals surface area contributed by atoms with E-state index in [9.17, 15) is 4.79 Å². The van der Waals surface area contributed by atoms with Gasteiger partial charge in [0.05, 0.1) is 11.7 Å². The predicted octanol–water partition coefficient (Wildman–Crippen LogP) is 3.31. The molecule has 116 valence electrons. The van der Waals surface area contributed by atoms with Crippen LogP contribution in [0, 0.1) is 6.92 Å². The van der Waals surface area contributed by atoms with Gasteiger partial charge in [0.1, 0.15) is 11.3 Å². The quantitative estimate of drug-likeness (QED) is 0.872. The van der Waals surface area contributed by atoms with Crippen LogP contribution >= 0.6 is 0 Å². The van der Waals surface area contributed by atoms with Gasteiger partial charge in [-0.1, -0.05) is 18.1 Å². The summed E-state index contributed by atoms with van der Waals surface area (Å²) in [5.41, 5.74) is 2.49. The zero-order valence-corrected chi connectivity index (χ0v) is 13.1. The van der Waals surface area contributed by atoms with Gasteiger partial charge in [0, 0.05) is 18.9 Å². The molecule has 0 aromatic carbocycles. The van der Waals surface area contributed by atoms with Gasteiger partial charge in [-0.2, -0.15) is 0 Å². The van der Waals surface area contributed by atoms with Crippen molar-refractivity contribution >= 4 is 5.91 Å². The van der Waals surface area contributed by atoms with E-state index in [1.165, 1.54) is 0 Å². The molecule has 1 amide bonds.